The fraction of sp³-hybridized carbons (Fsp3) is 0.214. The van der Waals surface area contributed by atoms with Gasteiger partial charge >= 0.3 is 0 Å². The van der Waals surface area contributed by atoms with Crippen LogP contribution in [0.5, 0.6) is 0 Å². The van der Waals surface area contributed by atoms with Crippen molar-refractivity contribution in [2.45, 2.75) is 43.3 Å². The normalized spacial score (nSPS) is 13.0. The van der Waals surface area contributed by atoms with Crippen molar-refractivity contribution < 1.29 is 19.2 Å². The van der Waals surface area contributed by atoms with Gasteiger partial charge < -0.3 is 10.6 Å². The predicted octanol–water partition coefficient (Wildman–Crippen LogP) is 5.71. The standard InChI is InChI=1S/C28H26N2O4S/c1-3-4-12-24(31)29-18-13-15-19(16-14-18)35-17(2)28(34)30-23-11-7-10-22-25(23)27(33)21-9-6-5-8-20(21)26(22)32/h5-11,13-17H,3-4,12H2,1-2H3,(H,29,31)(H,30,34). The van der Waals surface area contributed by atoms with Crippen LogP contribution in [-0.2, 0) is 9.59 Å². The number of carbonyl (C=O) groups excluding carboxylic acids is 4. The largest absolute Gasteiger partial charge is 0.326 e. The molecule has 4 rings (SSSR count). The first-order chi connectivity index (χ1) is 16.9. The third kappa shape index (κ3) is 5.35. The van der Waals surface area contributed by atoms with E-state index in [1.54, 1.807) is 49.4 Å². The van der Waals surface area contributed by atoms with Crippen molar-refractivity contribution in [1.82, 2.24) is 0 Å². The number of anilines is 2. The lowest BCUT2D eigenvalue weighted by Crippen LogP contribution is -2.27. The second-order valence-electron chi connectivity index (χ2n) is 8.36. The summed E-state index contributed by atoms with van der Waals surface area (Å²) in [6, 6.07) is 19.0. The molecule has 1 aliphatic carbocycles. The minimum absolute atomic E-state index is 0.0122. The highest BCUT2D eigenvalue weighted by Gasteiger charge is 2.32. The monoisotopic (exact) mass is 486 g/mol. The Kier molecular flexibility index (Phi) is 7.46. The first-order valence-corrected chi connectivity index (χ1v) is 12.5. The molecule has 3 aromatic carbocycles. The average molecular weight is 487 g/mol. The Balaban J connectivity index is 1.44. The topological polar surface area (TPSA) is 92.3 Å². The van der Waals surface area contributed by atoms with E-state index in [-0.39, 0.29) is 28.9 Å². The van der Waals surface area contributed by atoms with Crippen LogP contribution >= 0.6 is 11.8 Å². The molecule has 0 saturated heterocycles. The molecule has 2 N–H and O–H groups in total. The van der Waals surface area contributed by atoms with Crippen LogP contribution < -0.4 is 10.6 Å². The summed E-state index contributed by atoms with van der Waals surface area (Å²) in [5, 5.41) is 5.25. The van der Waals surface area contributed by atoms with Crippen molar-refractivity contribution in [1.29, 1.82) is 0 Å². The number of fused-ring (bicyclic) bond motifs is 2. The first-order valence-electron chi connectivity index (χ1n) is 11.6. The second-order valence-corrected chi connectivity index (χ2v) is 9.77. The Morgan fingerprint density at radius 1 is 0.829 bits per heavy atom. The predicted molar refractivity (Wildman–Crippen MR) is 138 cm³/mol. The SMILES string of the molecule is CCCCC(=O)Nc1ccc(SC(C)C(=O)Nc2cccc3c2C(=O)c2ccccc2C3=O)cc1. The molecule has 1 unspecified atom stereocenters. The van der Waals surface area contributed by atoms with E-state index in [0.717, 1.165) is 17.7 Å². The molecule has 6 nitrogen and oxygen atoms in total. The maximum atomic E-state index is 13.1. The van der Waals surface area contributed by atoms with Gasteiger partial charge in [-0.1, -0.05) is 49.7 Å². The van der Waals surface area contributed by atoms with Gasteiger partial charge in [0.05, 0.1) is 16.5 Å². The fourth-order valence-corrected chi connectivity index (χ4v) is 4.79. The third-order valence-electron chi connectivity index (χ3n) is 5.79. The molecule has 1 atom stereocenters. The molecule has 1 aliphatic rings. The highest BCUT2D eigenvalue weighted by Crippen LogP contribution is 2.33. The van der Waals surface area contributed by atoms with Crippen LogP contribution in [0.1, 0.15) is 65.0 Å². The Morgan fingerprint density at radius 3 is 2.17 bits per heavy atom. The first kappa shape index (κ1) is 24.4. The number of thioether (sulfide) groups is 1. The zero-order chi connectivity index (χ0) is 24.9. The van der Waals surface area contributed by atoms with Crippen molar-refractivity contribution >= 4 is 46.5 Å². The van der Waals surface area contributed by atoms with E-state index >= 15 is 0 Å². The molecule has 0 aliphatic heterocycles. The molecule has 2 amide bonds. The minimum atomic E-state index is -0.461. The van der Waals surface area contributed by atoms with Crippen molar-refractivity contribution in [3.63, 3.8) is 0 Å². The van der Waals surface area contributed by atoms with Crippen molar-refractivity contribution in [3.05, 3.63) is 89.0 Å². The molecule has 0 spiro atoms. The molecule has 0 saturated carbocycles. The smallest absolute Gasteiger partial charge is 0.237 e. The Hall–Kier alpha value is -3.71. The number of unbranched alkanes of at least 4 members (excludes halogenated alkanes) is 1. The summed E-state index contributed by atoms with van der Waals surface area (Å²) < 4.78 is 0. The number of rotatable bonds is 8. The molecular weight excluding hydrogens is 460 g/mol. The number of amides is 2. The van der Waals surface area contributed by atoms with E-state index < -0.39 is 5.25 Å². The maximum Gasteiger partial charge on any atom is 0.237 e. The van der Waals surface area contributed by atoms with Gasteiger partial charge in [-0.05, 0) is 43.7 Å². The molecule has 178 valence electrons. The van der Waals surface area contributed by atoms with E-state index in [9.17, 15) is 19.2 Å². The summed E-state index contributed by atoms with van der Waals surface area (Å²) in [6.45, 7) is 3.82. The summed E-state index contributed by atoms with van der Waals surface area (Å²) in [6.07, 6.45) is 2.31. The van der Waals surface area contributed by atoms with Gasteiger partial charge in [-0.2, -0.15) is 0 Å². The molecule has 0 aromatic heterocycles. The third-order valence-corrected chi connectivity index (χ3v) is 6.90. The number of carbonyl (C=O) groups is 4. The fourth-order valence-electron chi connectivity index (χ4n) is 3.92. The van der Waals surface area contributed by atoms with Crippen molar-refractivity contribution in [2.75, 3.05) is 10.6 Å². The summed E-state index contributed by atoms with van der Waals surface area (Å²) in [7, 11) is 0. The highest BCUT2D eigenvalue weighted by molar-refractivity contribution is 8.00. The van der Waals surface area contributed by atoms with Gasteiger partial charge in [-0.15, -0.1) is 11.8 Å². The lowest BCUT2D eigenvalue weighted by Gasteiger charge is -2.21. The summed E-state index contributed by atoms with van der Waals surface area (Å²) in [5.41, 5.74) is 2.29. The lowest BCUT2D eigenvalue weighted by atomic mass is 9.83. The van der Waals surface area contributed by atoms with Gasteiger partial charge in [0.1, 0.15) is 0 Å². The van der Waals surface area contributed by atoms with Gasteiger partial charge in [0.25, 0.3) is 0 Å². The van der Waals surface area contributed by atoms with E-state index in [0.29, 0.717) is 34.5 Å². The second kappa shape index (κ2) is 10.7. The number of ketones is 2. The molecule has 0 bridgehead atoms. The van der Waals surface area contributed by atoms with Crippen LogP contribution in [0.3, 0.4) is 0 Å². The number of hydrogen-bond donors (Lipinski definition) is 2. The van der Waals surface area contributed by atoms with Crippen LogP contribution in [0.15, 0.2) is 71.6 Å². The van der Waals surface area contributed by atoms with Crippen molar-refractivity contribution in [2.24, 2.45) is 0 Å². The Bertz CT molecular complexity index is 1300. The summed E-state index contributed by atoms with van der Waals surface area (Å²) in [4.78, 5) is 51.8. The van der Waals surface area contributed by atoms with Crippen LogP contribution in [-0.4, -0.2) is 28.6 Å². The lowest BCUT2D eigenvalue weighted by molar-refractivity contribution is -0.116. The summed E-state index contributed by atoms with van der Waals surface area (Å²) in [5.74, 6) is -0.792. The van der Waals surface area contributed by atoms with Crippen molar-refractivity contribution in [3.8, 4) is 0 Å². The number of benzene rings is 3. The van der Waals surface area contributed by atoms with Crippen LogP contribution in [0, 0.1) is 0 Å². The molecule has 0 radical (unpaired) electrons. The van der Waals surface area contributed by atoms with E-state index in [4.69, 9.17) is 0 Å². The number of nitrogens with one attached hydrogen (secondary N) is 2. The van der Waals surface area contributed by atoms with E-state index in [1.807, 2.05) is 31.2 Å². The Morgan fingerprint density at radius 2 is 1.49 bits per heavy atom. The molecular formula is C28H26N2O4S. The zero-order valence-corrected chi connectivity index (χ0v) is 20.4. The Labute approximate surface area is 208 Å². The van der Waals surface area contributed by atoms with Crippen LogP contribution in [0.4, 0.5) is 11.4 Å². The van der Waals surface area contributed by atoms with E-state index in [1.165, 1.54) is 11.8 Å². The maximum absolute atomic E-state index is 13.1. The molecule has 3 aromatic rings. The zero-order valence-electron chi connectivity index (χ0n) is 19.6. The highest BCUT2D eigenvalue weighted by atomic mass is 32.2. The average Bonchev–Trinajstić information content (AvgIpc) is 2.87. The molecule has 0 fully saturated rings. The van der Waals surface area contributed by atoms with Gasteiger partial charge in [0.2, 0.25) is 11.8 Å². The molecule has 7 heteroatoms. The quantitative estimate of drug-likeness (QED) is 0.311. The summed E-state index contributed by atoms with van der Waals surface area (Å²) >= 11 is 1.36. The number of hydrogen-bond acceptors (Lipinski definition) is 5. The van der Waals surface area contributed by atoms with Crippen LogP contribution in [0.2, 0.25) is 0 Å². The van der Waals surface area contributed by atoms with Gasteiger partial charge in [-0.3, -0.25) is 19.2 Å². The van der Waals surface area contributed by atoms with Crippen LogP contribution in [0.25, 0.3) is 0 Å². The van der Waals surface area contributed by atoms with Gasteiger partial charge in [0.15, 0.2) is 11.6 Å². The minimum Gasteiger partial charge on any atom is -0.326 e. The van der Waals surface area contributed by atoms with Gasteiger partial charge in [0, 0.05) is 33.7 Å². The van der Waals surface area contributed by atoms with Gasteiger partial charge in [-0.25, -0.2) is 0 Å². The molecule has 0 heterocycles. The van der Waals surface area contributed by atoms with E-state index in [2.05, 4.69) is 10.6 Å². The molecule has 35 heavy (non-hydrogen) atoms.